The summed E-state index contributed by atoms with van der Waals surface area (Å²) in [6.45, 7) is 2.35. The molecule has 2 aliphatic rings. The lowest BCUT2D eigenvalue weighted by atomic mass is 9.87. The summed E-state index contributed by atoms with van der Waals surface area (Å²) in [5.74, 6) is 0.377. The maximum atomic E-state index is 13.5. The van der Waals surface area contributed by atoms with Crippen LogP contribution in [0.5, 0.6) is 0 Å². The lowest BCUT2D eigenvalue weighted by molar-refractivity contribution is -0.137. The number of rotatable bonds is 6. The molecule has 0 radical (unpaired) electrons. The van der Waals surface area contributed by atoms with Crippen LogP contribution in [0.1, 0.15) is 50.5 Å². The van der Waals surface area contributed by atoms with Crippen molar-refractivity contribution in [2.45, 2.75) is 57.5 Å². The summed E-state index contributed by atoms with van der Waals surface area (Å²) in [6, 6.07) is 16.9. The van der Waals surface area contributed by atoms with E-state index in [1.807, 2.05) is 35.0 Å². The largest absolute Gasteiger partial charge is 0.342 e. The Hall–Kier alpha value is -2.99. The molecule has 1 aromatic heterocycles. The van der Waals surface area contributed by atoms with Gasteiger partial charge in [0.05, 0.1) is 11.4 Å². The zero-order valence-electron chi connectivity index (χ0n) is 19.6. The van der Waals surface area contributed by atoms with Gasteiger partial charge in [-0.15, -0.1) is 0 Å². The quantitative estimate of drug-likeness (QED) is 0.540. The predicted octanol–water partition coefficient (Wildman–Crippen LogP) is 5.34. The molecule has 3 aromatic rings. The van der Waals surface area contributed by atoms with Crippen LogP contribution in [0.2, 0.25) is 0 Å². The van der Waals surface area contributed by atoms with E-state index < -0.39 is 0 Å². The molecule has 5 nitrogen and oxygen atoms in total. The van der Waals surface area contributed by atoms with E-state index >= 15 is 0 Å². The Labute approximate surface area is 201 Å². The maximum Gasteiger partial charge on any atom is 0.225 e. The van der Waals surface area contributed by atoms with Crippen molar-refractivity contribution in [2.75, 3.05) is 13.1 Å². The molecule has 0 atom stereocenters. The minimum atomic E-state index is -0.250. The molecule has 0 unspecified atom stereocenters. The zero-order chi connectivity index (χ0) is 23.3. The van der Waals surface area contributed by atoms with Gasteiger partial charge in [0.1, 0.15) is 5.82 Å². The number of hydrogen-bond donors (Lipinski definition) is 1. The fourth-order valence-electron chi connectivity index (χ4n) is 5.27. The molecule has 2 heterocycles. The van der Waals surface area contributed by atoms with Crippen molar-refractivity contribution in [3.05, 3.63) is 72.2 Å². The van der Waals surface area contributed by atoms with Crippen LogP contribution in [-0.4, -0.2) is 39.7 Å². The van der Waals surface area contributed by atoms with Crippen LogP contribution in [0.4, 0.5) is 4.39 Å². The van der Waals surface area contributed by atoms with E-state index in [4.69, 9.17) is 5.10 Å². The van der Waals surface area contributed by atoms with E-state index in [1.165, 1.54) is 31.4 Å². The van der Waals surface area contributed by atoms with Crippen LogP contribution >= 0.6 is 0 Å². The number of halogens is 1. The topological polar surface area (TPSA) is 50.2 Å². The Morgan fingerprint density at radius 1 is 0.941 bits per heavy atom. The Morgan fingerprint density at radius 3 is 2.35 bits per heavy atom. The van der Waals surface area contributed by atoms with Gasteiger partial charge in [0.15, 0.2) is 0 Å². The molecule has 1 aliphatic carbocycles. The molecule has 0 bridgehead atoms. The van der Waals surface area contributed by atoms with Gasteiger partial charge in [-0.2, -0.15) is 5.10 Å². The Bertz CT molecular complexity index is 1080. The van der Waals surface area contributed by atoms with Crippen molar-refractivity contribution in [2.24, 2.45) is 5.92 Å². The average molecular weight is 461 g/mol. The highest BCUT2D eigenvalue weighted by Crippen LogP contribution is 2.27. The second kappa shape index (κ2) is 10.5. The molecule has 1 amide bonds. The molecule has 5 rings (SSSR count). The zero-order valence-corrected chi connectivity index (χ0v) is 19.6. The number of carbonyl (C=O) groups is 1. The molecule has 6 heteroatoms. The predicted molar refractivity (Wildman–Crippen MR) is 132 cm³/mol. The molecule has 1 saturated carbocycles. The van der Waals surface area contributed by atoms with Crippen molar-refractivity contribution in [3.63, 3.8) is 0 Å². The van der Waals surface area contributed by atoms with E-state index in [1.54, 1.807) is 12.1 Å². The SMILES string of the molecule is O=C(C1CCCCC1)N1CCC(NCc2cn(-c3ccccc3)nc2-c2ccc(F)cc2)CC1. The Morgan fingerprint density at radius 2 is 1.65 bits per heavy atom. The molecule has 2 aromatic carbocycles. The molecule has 1 N–H and O–H groups in total. The first-order chi connectivity index (χ1) is 16.7. The Kier molecular flexibility index (Phi) is 7.05. The highest BCUT2D eigenvalue weighted by Gasteiger charge is 2.29. The lowest BCUT2D eigenvalue weighted by Crippen LogP contribution is -2.46. The van der Waals surface area contributed by atoms with Gasteiger partial charge < -0.3 is 10.2 Å². The minimum absolute atomic E-state index is 0.250. The summed E-state index contributed by atoms with van der Waals surface area (Å²) >= 11 is 0. The third-order valence-electron chi connectivity index (χ3n) is 7.27. The van der Waals surface area contributed by atoms with E-state index in [0.717, 1.165) is 61.3 Å². The number of likely N-dealkylation sites (tertiary alicyclic amines) is 1. The molecule has 1 saturated heterocycles. The molecule has 34 heavy (non-hydrogen) atoms. The number of benzene rings is 2. The summed E-state index contributed by atoms with van der Waals surface area (Å²) in [7, 11) is 0. The van der Waals surface area contributed by atoms with Crippen molar-refractivity contribution in [1.82, 2.24) is 20.0 Å². The van der Waals surface area contributed by atoms with Crippen molar-refractivity contribution >= 4 is 5.91 Å². The van der Waals surface area contributed by atoms with Crippen LogP contribution in [0.3, 0.4) is 0 Å². The minimum Gasteiger partial charge on any atom is -0.342 e. The maximum absolute atomic E-state index is 13.5. The number of amides is 1. The van der Waals surface area contributed by atoms with Gasteiger partial charge in [0.25, 0.3) is 0 Å². The van der Waals surface area contributed by atoms with Crippen LogP contribution in [0.15, 0.2) is 60.8 Å². The second-order valence-corrected chi connectivity index (χ2v) is 9.61. The van der Waals surface area contributed by atoms with Gasteiger partial charge in [-0.25, -0.2) is 9.07 Å². The lowest BCUT2D eigenvalue weighted by Gasteiger charge is -2.35. The number of nitrogens with one attached hydrogen (secondary N) is 1. The molecule has 178 valence electrons. The van der Waals surface area contributed by atoms with Gasteiger partial charge in [0, 0.05) is 48.9 Å². The highest BCUT2D eigenvalue weighted by molar-refractivity contribution is 5.79. The fraction of sp³-hybridized carbons (Fsp3) is 0.429. The molecular weight excluding hydrogens is 427 g/mol. The number of carbonyl (C=O) groups excluding carboxylic acids is 1. The Balaban J connectivity index is 1.25. The molecular formula is C28H33FN4O. The summed E-state index contributed by atoms with van der Waals surface area (Å²) in [6.07, 6.45) is 9.79. The normalized spacial score (nSPS) is 17.7. The van der Waals surface area contributed by atoms with E-state index in [-0.39, 0.29) is 11.7 Å². The van der Waals surface area contributed by atoms with Gasteiger partial charge in [-0.05, 0) is 62.1 Å². The van der Waals surface area contributed by atoms with Gasteiger partial charge >= 0.3 is 0 Å². The number of nitrogens with zero attached hydrogens (tertiary/aromatic N) is 3. The number of piperidine rings is 1. The first kappa shape index (κ1) is 22.8. The first-order valence-electron chi connectivity index (χ1n) is 12.6. The number of hydrogen-bond acceptors (Lipinski definition) is 3. The van der Waals surface area contributed by atoms with Crippen LogP contribution in [0.25, 0.3) is 16.9 Å². The van der Waals surface area contributed by atoms with Crippen molar-refractivity contribution < 1.29 is 9.18 Å². The summed E-state index contributed by atoms with van der Waals surface area (Å²) in [5, 5.41) is 8.53. The molecule has 0 spiro atoms. The van der Waals surface area contributed by atoms with E-state index in [0.29, 0.717) is 18.5 Å². The summed E-state index contributed by atoms with van der Waals surface area (Å²) in [4.78, 5) is 15.0. The summed E-state index contributed by atoms with van der Waals surface area (Å²) < 4.78 is 15.4. The highest BCUT2D eigenvalue weighted by atomic mass is 19.1. The smallest absolute Gasteiger partial charge is 0.225 e. The fourth-order valence-corrected chi connectivity index (χ4v) is 5.27. The molecule has 2 fully saturated rings. The summed E-state index contributed by atoms with van der Waals surface area (Å²) in [5.41, 5.74) is 3.84. The van der Waals surface area contributed by atoms with E-state index in [9.17, 15) is 9.18 Å². The van der Waals surface area contributed by atoms with E-state index in [2.05, 4.69) is 16.4 Å². The third-order valence-corrected chi connectivity index (χ3v) is 7.27. The van der Waals surface area contributed by atoms with Gasteiger partial charge in [-0.1, -0.05) is 37.5 Å². The monoisotopic (exact) mass is 460 g/mol. The van der Waals surface area contributed by atoms with Crippen molar-refractivity contribution in [1.29, 1.82) is 0 Å². The third kappa shape index (κ3) is 5.22. The number of aromatic nitrogens is 2. The standard InChI is InChI=1S/C28H33FN4O/c29-24-13-11-21(12-14-24)27-23(20-33(31-27)26-9-5-2-6-10-26)19-30-25-15-17-32(18-16-25)28(34)22-7-3-1-4-8-22/h2,5-6,9-14,20,22,25,30H,1,3-4,7-8,15-19H2. The van der Waals surface area contributed by atoms with Gasteiger partial charge in [0.2, 0.25) is 5.91 Å². The molecule has 1 aliphatic heterocycles. The number of para-hydroxylation sites is 1. The average Bonchev–Trinajstić information content (AvgIpc) is 3.33. The van der Waals surface area contributed by atoms with Gasteiger partial charge in [-0.3, -0.25) is 4.79 Å². The van der Waals surface area contributed by atoms with Crippen LogP contribution in [-0.2, 0) is 11.3 Å². The van der Waals surface area contributed by atoms with Crippen LogP contribution in [0, 0.1) is 11.7 Å². The van der Waals surface area contributed by atoms with Crippen molar-refractivity contribution in [3.8, 4) is 16.9 Å². The first-order valence-corrected chi connectivity index (χ1v) is 12.6. The second-order valence-electron chi connectivity index (χ2n) is 9.61. The van der Waals surface area contributed by atoms with Crippen LogP contribution < -0.4 is 5.32 Å².